The van der Waals surface area contributed by atoms with Gasteiger partial charge in [0.05, 0.1) is 59.4 Å². The Morgan fingerprint density at radius 1 is 0.987 bits per heavy atom. The molecule has 5 heterocycles. The molecule has 0 spiro atoms. The van der Waals surface area contributed by atoms with E-state index in [1.165, 1.54) is 18.6 Å². The Hall–Kier alpha value is -3.16. The van der Waals surface area contributed by atoms with Crippen LogP contribution in [0.5, 0.6) is 0 Å². The molecule has 2 aromatic heterocycles. The molecule has 0 aliphatic carbocycles. The summed E-state index contributed by atoms with van der Waals surface area (Å²) in [6, 6.07) is 6.43. The van der Waals surface area contributed by atoms with E-state index >= 15 is 0 Å². The number of nitrogens with zero attached hydrogens (tertiary/aromatic N) is 7. The van der Waals surface area contributed by atoms with Crippen LogP contribution in [0.2, 0.25) is 0 Å². The van der Waals surface area contributed by atoms with Crippen LogP contribution in [0.4, 0.5) is 4.39 Å². The summed E-state index contributed by atoms with van der Waals surface area (Å²) in [5.41, 5.74) is -0.945. The van der Waals surface area contributed by atoms with Crippen molar-refractivity contribution < 1.29 is 63.1 Å². The highest BCUT2D eigenvalue weighted by molar-refractivity contribution is 7.03. The molecular weight excluding hydrogens is 990 g/mol. The molecule has 1 aromatic carbocycles. The molecule has 21 heteroatoms. The summed E-state index contributed by atoms with van der Waals surface area (Å²) in [7, 11) is 5.32. The minimum absolute atomic E-state index is 0.0296. The van der Waals surface area contributed by atoms with Gasteiger partial charge in [0.1, 0.15) is 36.3 Å². The van der Waals surface area contributed by atoms with Crippen LogP contribution in [0, 0.1) is 17.8 Å². The van der Waals surface area contributed by atoms with Crippen LogP contribution in [0.3, 0.4) is 0 Å². The molecule has 19 nitrogen and oxygen atoms in total. The smallest absolute Gasteiger partial charge is 0.311 e. The molecule has 75 heavy (non-hydrogen) atoms. The molecule has 6 rings (SSSR count). The average molecular weight is 1080 g/mol. The maximum atomic E-state index is 14.6. The minimum Gasteiger partial charge on any atom is -0.459 e. The number of aliphatic hydroxyl groups is 5. The second-order valence-electron chi connectivity index (χ2n) is 22.9. The normalized spacial score (nSPS) is 38.8. The van der Waals surface area contributed by atoms with Crippen LogP contribution in [0.1, 0.15) is 125 Å². The number of hydrogen-bond donors (Lipinski definition) is 5. The van der Waals surface area contributed by atoms with Gasteiger partial charge < -0.3 is 63.8 Å². The molecule has 0 saturated carbocycles. The first-order valence-corrected chi connectivity index (χ1v) is 27.7. The van der Waals surface area contributed by atoms with Crippen molar-refractivity contribution in [1.82, 2.24) is 34.4 Å². The first kappa shape index (κ1) is 61.1. The number of halogens is 1. The van der Waals surface area contributed by atoms with Gasteiger partial charge in [-0.2, -0.15) is 0 Å². The van der Waals surface area contributed by atoms with Gasteiger partial charge in [-0.25, -0.2) is 9.07 Å². The lowest BCUT2D eigenvalue weighted by molar-refractivity contribution is -0.318. The van der Waals surface area contributed by atoms with E-state index in [-0.39, 0.29) is 43.7 Å². The molecule has 0 radical (unpaired) electrons. The van der Waals surface area contributed by atoms with Gasteiger partial charge in [0.15, 0.2) is 12.6 Å². The highest BCUT2D eigenvalue weighted by Gasteiger charge is 2.52. The number of benzene rings is 1. The third-order valence-electron chi connectivity index (χ3n) is 16.6. The van der Waals surface area contributed by atoms with E-state index < -0.39 is 109 Å². The zero-order valence-electron chi connectivity index (χ0n) is 46.5. The SMILES string of the molecule is CC[C@H]1OC(=O)[C@H](C)[C@@H](O[C@H]2C[C@@](C)(OC)[C@@H](O)[C@H](C)O2)[C@H](C)[C@@H](O[C@@H]2O[C@H](C)C[C@H](N(C)CCc3cn([C@H](CF)Cc4ccc(-c5csnn5)cc4)nn3)[C@H]2O)[C@](C)(O)CC[C@@H](C)CN(C)[C@H](C)[C@@H](O)C[C@]1(C)O. The number of carbonyl (C=O) groups is 1. The Morgan fingerprint density at radius 3 is 2.33 bits per heavy atom. The van der Waals surface area contributed by atoms with Crippen LogP contribution in [0.25, 0.3) is 11.3 Å². The van der Waals surface area contributed by atoms with Crippen molar-refractivity contribution in [2.45, 2.75) is 217 Å². The number of likely N-dealkylation sites (N-methyl/N-ethyl adjacent to an activating group) is 2. The Balaban J connectivity index is 1.25. The van der Waals surface area contributed by atoms with Crippen molar-refractivity contribution in [3.8, 4) is 11.3 Å². The highest BCUT2D eigenvalue weighted by atomic mass is 32.1. The molecule has 19 atom stereocenters. The Morgan fingerprint density at radius 2 is 1.69 bits per heavy atom. The van der Waals surface area contributed by atoms with Crippen LogP contribution in [0.15, 0.2) is 35.8 Å². The number of ether oxygens (including phenoxy) is 6. The van der Waals surface area contributed by atoms with Gasteiger partial charge in [-0.3, -0.25) is 4.79 Å². The first-order chi connectivity index (χ1) is 35.3. The van der Waals surface area contributed by atoms with Crippen molar-refractivity contribution in [3.63, 3.8) is 0 Å². The van der Waals surface area contributed by atoms with Gasteiger partial charge >= 0.3 is 5.97 Å². The van der Waals surface area contributed by atoms with E-state index in [1.807, 2.05) is 74.3 Å². The molecule has 3 saturated heterocycles. The van der Waals surface area contributed by atoms with Crippen LogP contribution in [-0.2, 0) is 46.1 Å². The van der Waals surface area contributed by atoms with Crippen molar-refractivity contribution in [3.05, 3.63) is 47.1 Å². The lowest BCUT2D eigenvalue weighted by Crippen LogP contribution is -2.60. The van der Waals surface area contributed by atoms with Crippen LogP contribution in [-0.4, -0.2) is 197 Å². The summed E-state index contributed by atoms with van der Waals surface area (Å²) in [6.45, 7) is 18.3. The van der Waals surface area contributed by atoms with Gasteiger partial charge in [0, 0.05) is 74.6 Å². The van der Waals surface area contributed by atoms with Crippen molar-refractivity contribution >= 4 is 17.5 Å². The minimum atomic E-state index is -1.61. The Labute approximate surface area is 447 Å². The molecule has 3 aliphatic rings. The van der Waals surface area contributed by atoms with E-state index in [0.29, 0.717) is 44.5 Å². The molecule has 5 N–H and O–H groups in total. The van der Waals surface area contributed by atoms with Gasteiger partial charge in [0.25, 0.3) is 0 Å². The summed E-state index contributed by atoms with van der Waals surface area (Å²) in [5.74, 6) is -2.53. The second kappa shape index (κ2) is 26.2. The van der Waals surface area contributed by atoms with Gasteiger partial charge in [0.2, 0.25) is 0 Å². The zero-order valence-corrected chi connectivity index (χ0v) is 47.3. The summed E-state index contributed by atoms with van der Waals surface area (Å²) >= 11 is 1.28. The molecule has 0 bridgehead atoms. The molecule has 0 unspecified atom stereocenters. The molecule has 0 amide bonds. The summed E-state index contributed by atoms with van der Waals surface area (Å²) < 4.78 is 58.5. The Bertz CT molecular complexity index is 2210. The second-order valence-corrected chi connectivity index (χ2v) is 23.5. The molecule has 3 aromatic rings. The number of aliphatic hydroxyl groups excluding tert-OH is 3. The first-order valence-electron chi connectivity index (χ1n) is 26.9. The van der Waals surface area contributed by atoms with Gasteiger partial charge in [-0.15, -0.1) is 10.2 Å². The monoisotopic (exact) mass is 1080 g/mol. The summed E-state index contributed by atoms with van der Waals surface area (Å²) in [5, 5.41) is 74.3. The van der Waals surface area contributed by atoms with E-state index in [9.17, 15) is 34.7 Å². The third kappa shape index (κ3) is 15.2. The van der Waals surface area contributed by atoms with E-state index in [1.54, 1.807) is 52.4 Å². The number of alkyl halides is 1. The largest absolute Gasteiger partial charge is 0.459 e. The fourth-order valence-corrected chi connectivity index (χ4v) is 11.8. The lowest BCUT2D eigenvalue weighted by Gasteiger charge is -2.48. The Kier molecular flexibility index (Phi) is 21.3. The van der Waals surface area contributed by atoms with E-state index in [2.05, 4.69) is 26.8 Å². The van der Waals surface area contributed by atoms with E-state index in [4.69, 9.17) is 28.4 Å². The zero-order chi connectivity index (χ0) is 55.2. The molecule has 3 fully saturated rings. The number of aromatic nitrogens is 5. The number of cyclic esters (lactones) is 1. The van der Waals surface area contributed by atoms with Gasteiger partial charge in [-0.05, 0) is 118 Å². The number of methoxy groups -OCH3 is 1. The van der Waals surface area contributed by atoms with Crippen molar-refractivity contribution in [1.29, 1.82) is 0 Å². The van der Waals surface area contributed by atoms with Crippen molar-refractivity contribution in [2.24, 2.45) is 17.8 Å². The highest BCUT2D eigenvalue weighted by Crippen LogP contribution is 2.40. The number of carbonyl (C=O) groups excluding carboxylic acids is 1. The topological polar surface area (TPSA) is 237 Å². The molecule has 424 valence electrons. The van der Waals surface area contributed by atoms with E-state index in [0.717, 1.165) is 16.8 Å². The summed E-state index contributed by atoms with van der Waals surface area (Å²) in [6.07, 6.45) is -5.52. The average Bonchev–Trinajstić information content (AvgIpc) is 4.09. The quantitative estimate of drug-likeness (QED) is 0.124. The predicted octanol–water partition coefficient (Wildman–Crippen LogP) is 5.16. The van der Waals surface area contributed by atoms with Crippen LogP contribution < -0.4 is 0 Å². The maximum Gasteiger partial charge on any atom is 0.311 e. The third-order valence-corrected chi connectivity index (χ3v) is 17.1. The fraction of sp³-hybridized carbons (Fsp3) is 0.796. The number of hydrogen-bond acceptors (Lipinski definition) is 19. The summed E-state index contributed by atoms with van der Waals surface area (Å²) in [4.78, 5) is 18.6. The van der Waals surface area contributed by atoms with Crippen LogP contribution >= 0.6 is 11.5 Å². The van der Waals surface area contributed by atoms with Gasteiger partial charge in [-0.1, -0.05) is 54.7 Å². The lowest BCUT2D eigenvalue weighted by atomic mass is 9.78. The van der Waals surface area contributed by atoms with Crippen molar-refractivity contribution in [2.75, 3.05) is 41.0 Å². The molecular formula is C54H88FN7O12S. The standard InChI is InChI=1S/C54H88FN7O12S/c1-14-44-53(9,68)25-43(63)35(6)61(12)28-31(2)19-21-52(8,67)49(33(4)47(34(5)50(66)72-44)73-45-26-54(10,69-13)48(65)36(7)71-45)74-51-46(64)42(23-32(3)70-51)60(11)22-20-39-29-62(58-56-39)40(27-55)24-37-15-17-38(18-16-37)41-30-75-59-57-41/h15-18,29-36,40,42-49,51,63-65,67-68H,14,19-28H2,1-13H3/t31-,32-,33+,34-,35-,36+,40+,42+,43+,44-,45+,46-,47+,48+,49-,51+,52-,53+,54-/m1/s1. The molecule has 3 aliphatic heterocycles. The fourth-order valence-electron chi connectivity index (χ4n) is 11.3. The maximum absolute atomic E-state index is 14.6. The predicted molar refractivity (Wildman–Crippen MR) is 280 cm³/mol. The number of esters is 1. The number of rotatable bonds is 15.